The normalized spacial score (nSPS) is 15.8. The minimum absolute atomic E-state index is 0.324. The highest BCUT2D eigenvalue weighted by Crippen LogP contribution is 2.26. The smallest absolute Gasteiger partial charge is 0.0905 e. The summed E-state index contributed by atoms with van der Waals surface area (Å²) < 4.78 is 0. The summed E-state index contributed by atoms with van der Waals surface area (Å²) in [5.74, 6) is 0.687. The molecule has 1 unspecified atom stereocenters. The van der Waals surface area contributed by atoms with Crippen molar-refractivity contribution < 1.29 is 0 Å². The van der Waals surface area contributed by atoms with Crippen LogP contribution in [0.3, 0.4) is 0 Å². The quantitative estimate of drug-likeness (QED) is 0.432. The molecule has 0 fully saturated rings. The summed E-state index contributed by atoms with van der Waals surface area (Å²) in [5.41, 5.74) is 5.82. The molecule has 0 aliphatic heterocycles. The van der Waals surface area contributed by atoms with Gasteiger partial charge in [0.25, 0.3) is 0 Å². The van der Waals surface area contributed by atoms with Gasteiger partial charge in [-0.3, -0.25) is 4.99 Å². The molecule has 2 N–H and O–H groups in total. The third-order valence-electron chi connectivity index (χ3n) is 2.62. The molecule has 0 aliphatic carbocycles. The van der Waals surface area contributed by atoms with Gasteiger partial charge in [-0.2, -0.15) is 0 Å². The monoisotopic (exact) mass is 213 g/mol. The zero-order valence-electron chi connectivity index (χ0n) is 11.2. The van der Waals surface area contributed by atoms with Crippen LogP contribution in [0, 0.1) is 5.41 Å². The van der Waals surface area contributed by atoms with Crippen molar-refractivity contribution in [1.82, 2.24) is 4.90 Å². The Hall–Kier alpha value is -0.570. The number of nitrogens with zero attached hydrogens (tertiary/aromatic N) is 2. The molecular formula is C12H27N3. The maximum Gasteiger partial charge on any atom is 0.0905 e. The molecule has 0 amide bonds. The Morgan fingerprint density at radius 1 is 1.33 bits per heavy atom. The lowest BCUT2D eigenvalue weighted by Gasteiger charge is -2.36. The molecule has 0 saturated carbocycles. The van der Waals surface area contributed by atoms with E-state index in [4.69, 9.17) is 5.73 Å². The summed E-state index contributed by atoms with van der Waals surface area (Å²) in [6.45, 7) is 9.55. The van der Waals surface area contributed by atoms with Crippen LogP contribution in [-0.4, -0.2) is 37.4 Å². The average Bonchev–Trinajstić information content (AvgIpc) is 1.99. The third kappa shape index (κ3) is 6.50. The molecule has 0 radical (unpaired) electrons. The summed E-state index contributed by atoms with van der Waals surface area (Å²) >= 11 is 0. The standard InChI is InChI=1S/C12H27N3/c1-10(13)14-9-7-8-11(15(5)6)12(2,3)4/h11H,7-9H2,1-6H3,(H2,13,14). The largest absolute Gasteiger partial charge is 0.388 e. The van der Waals surface area contributed by atoms with Gasteiger partial charge in [-0.25, -0.2) is 0 Å². The van der Waals surface area contributed by atoms with E-state index in [9.17, 15) is 0 Å². The average molecular weight is 213 g/mol. The fourth-order valence-electron chi connectivity index (χ4n) is 2.01. The fourth-order valence-corrected chi connectivity index (χ4v) is 2.01. The third-order valence-corrected chi connectivity index (χ3v) is 2.62. The van der Waals surface area contributed by atoms with E-state index < -0.39 is 0 Å². The Kier molecular flexibility index (Phi) is 5.88. The van der Waals surface area contributed by atoms with E-state index in [-0.39, 0.29) is 0 Å². The number of hydrogen-bond acceptors (Lipinski definition) is 2. The molecule has 1 atom stereocenters. The second-order valence-electron chi connectivity index (χ2n) is 5.51. The lowest BCUT2D eigenvalue weighted by Crippen LogP contribution is -2.39. The Labute approximate surface area is 94.7 Å². The molecule has 0 rings (SSSR count). The van der Waals surface area contributed by atoms with Gasteiger partial charge in [0, 0.05) is 12.6 Å². The van der Waals surface area contributed by atoms with Gasteiger partial charge in [-0.05, 0) is 39.3 Å². The predicted octanol–water partition coefficient (Wildman–Crippen LogP) is 2.12. The van der Waals surface area contributed by atoms with Crippen molar-refractivity contribution in [3.8, 4) is 0 Å². The molecule has 3 nitrogen and oxygen atoms in total. The van der Waals surface area contributed by atoms with Crippen molar-refractivity contribution in [2.24, 2.45) is 16.1 Å². The van der Waals surface area contributed by atoms with E-state index in [2.05, 4.69) is 44.8 Å². The van der Waals surface area contributed by atoms with Gasteiger partial charge < -0.3 is 10.6 Å². The minimum Gasteiger partial charge on any atom is -0.388 e. The molecule has 90 valence electrons. The fraction of sp³-hybridized carbons (Fsp3) is 0.917. The second kappa shape index (κ2) is 6.11. The number of nitrogens with two attached hydrogens (primary N) is 1. The van der Waals surface area contributed by atoms with Crippen molar-refractivity contribution >= 4 is 5.84 Å². The van der Waals surface area contributed by atoms with Crippen LogP contribution in [0.2, 0.25) is 0 Å². The first-order valence-electron chi connectivity index (χ1n) is 5.68. The molecule has 3 heteroatoms. The summed E-state index contributed by atoms with van der Waals surface area (Å²) in [6.07, 6.45) is 2.28. The Morgan fingerprint density at radius 2 is 1.87 bits per heavy atom. The maximum atomic E-state index is 5.49. The van der Waals surface area contributed by atoms with Gasteiger partial charge in [0.05, 0.1) is 5.84 Å². The van der Waals surface area contributed by atoms with Gasteiger partial charge in [-0.1, -0.05) is 20.8 Å². The van der Waals surface area contributed by atoms with E-state index in [1.807, 2.05) is 6.92 Å². The predicted molar refractivity (Wildman–Crippen MR) is 68.3 cm³/mol. The van der Waals surface area contributed by atoms with E-state index in [0.717, 1.165) is 13.0 Å². The molecule has 0 saturated heterocycles. The van der Waals surface area contributed by atoms with Gasteiger partial charge in [0.15, 0.2) is 0 Å². The van der Waals surface area contributed by atoms with Crippen LogP contribution in [-0.2, 0) is 0 Å². The van der Waals surface area contributed by atoms with Crippen molar-refractivity contribution in [2.45, 2.75) is 46.6 Å². The SMILES string of the molecule is CC(N)=NCCCC(N(C)C)C(C)(C)C. The molecule has 0 aromatic rings. The summed E-state index contributed by atoms with van der Waals surface area (Å²) in [4.78, 5) is 6.52. The van der Waals surface area contributed by atoms with Crippen LogP contribution < -0.4 is 5.73 Å². The molecule has 0 aliphatic rings. The van der Waals surface area contributed by atoms with Gasteiger partial charge in [-0.15, -0.1) is 0 Å². The van der Waals surface area contributed by atoms with Crippen LogP contribution in [0.15, 0.2) is 4.99 Å². The van der Waals surface area contributed by atoms with Crippen molar-refractivity contribution in [1.29, 1.82) is 0 Å². The highest BCUT2D eigenvalue weighted by atomic mass is 15.1. The minimum atomic E-state index is 0.324. The van der Waals surface area contributed by atoms with Gasteiger partial charge in [0.2, 0.25) is 0 Å². The summed E-state index contributed by atoms with van der Waals surface area (Å²) in [5, 5.41) is 0. The number of aliphatic imine (C=N–C) groups is 1. The van der Waals surface area contributed by atoms with E-state index in [0.29, 0.717) is 17.3 Å². The lowest BCUT2D eigenvalue weighted by molar-refractivity contribution is 0.141. The van der Waals surface area contributed by atoms with Gasteiger partial charge >= 0.3 is 0 Å². The topological polar surface area (TPSA) is 41.6 Å². The van der Waals surface area contributed by atoms with Crippen LogP contribution in [0.5, 0.6) is 0 Å². The van der Waals surface area contributed by atoms with Crippen molar-refractivity contribution in [3.05, 3.63) is 0 Å². The number of rotatable bonds is 5. The zero-order valence-corrected chi connectivity index (χ0v) is 11.2. The van der Waals surface area contributed by atoms with Crippen LogP contribution >= 0.6 is 0 Å². The van der Waals surface area contributed by atoms with Crippen molar-refractivity contribution in [2.75, 3.05) is 20.6 Å². The molecule has 0 spiro atoms. The van der Waals surface area contributed by atoms with Gasteiger partial charge in [0.1, 0.15) is 0 Å². The molecular weight excluding hydrogens is 186 g/mol. The number of amidine groups is 1. The Balaban J connectivity index is 4.05. The number of hydrogen-bond donors (Lipinski definition) is 1. The zero-order chi connectivity index (χ0) is 12.1. The van der Waals surface area contributed by atoms with E-state index >= 15 is 0 Å². The van der Waals surface area contributed by atoms with Crippen LogP contribution in [0.1, 0.15) is 40.5 Å². The van der Waals surface area contributed by atoms with Crippen LogP contribution in [0.4, 0.5) is 0 Å². The molecule has 0 bridgehead atoms. The molecule has 15 heavy (non-hydrogen) atoms. The van der Waals surface area contributed by atoms with Crippen molar-refractivity contribution in [3.63, 3.8) is 0 Å². The Bertz CT molecular complexity index is 197. The molecule has 0 heterocycles. The summed E-state index contributed by atoms with van der Waals surface area (Å²) in [6, 6.07) is 0.603. The first kappa shape index (κ1) is 14.4. The molecule has 0 aromatic heterocycles. The highest BCUT2D eigenvalue weighted by Gasteiger charge is 2.25. The highest BCUT2D eigenvalue weighted by molar-refractivity contribution is 5.77. The second-order valence-corrected chi connectivity index (χ2v) is 5.51. The first-order valence-corrected chi connectivity index (χ1v) is 5.68. The lowest BCUT2D eigenvalue weighted by atomic mass is 9.83. The molecule has 0 aromatic carbocycles. The van der Waals surface area contributed by atoms with E-state index in [1.165, 1.54) is 6.42 Å². The van der Waals surface area contributed by atoms with Crippen LogP contribution in [0.25, 0.3) is 0 Å². The first-order chi connectivity index (χ1) is 6.75. The van der Waals surface area contributed by atoms with E-state index in [1.54, 1.807) is 0 Å². The Morgan fingerprint density at radius 3 is 2.20 bits per heavy atom. The maximum absolute atomic E-state index is 5.49. The summed E-state index contributed by atoms with van der Waals surface area (Å²) in [7, 11) is 4.29.